The van der Waals surface area contributed by atoms with Gasteiger partial charge in [0.25, 0.3) is 0 Å². The summed E-state index contributed by atoms with van der Waals surface area (Å²) in [6, 6.07) is 5.38. The second kappa shape index (κ2) is 5.66. The molecular weight excluding hydrogens is 274 g/mol. The van der Waals surface area contributed by atoms with E-state index in [0.29, 0.717) is 30.8 Å². The summed E-state index contributed by atoms with van der Waals surface area (Å²) < 4.78 is 26.8. The maximum Gasteiger partial charge on any atom is 0.243 e. The Hall–Kier alpha value is -1.20. The Bertz CT molecular complexity index is 614. The van der Waals surface area contributed by atoms with Crippen molar-refractivity contribution in [2.45, 2.75) is 38.5 Å². The molecule has 0 N–H and O–H groups in total. The Balaban J connectivity index is 2.22. The molecule has 1 saturated heterocycles. The summed E-state index contributed by atoms with van der Waals surface area (Å²) >= 11 is 0. The lowest BCUT2D eigenvalue weighted by Crippen LogP contribution is -2.40. The number of carbonyl (C=O) groups excluding carboxylic acids is 1. The van der Waals surface area contributed by atoms with Gasteiger partial charge in [-0.3, -0.25) is 4.79 Å². The van der Waals surface area contributed by atoms with E-state index < -0.39 is 10.0 Å². The average Bonchev–Trinajstić information content (AvgIpc) is 2.38. The van der Waals surface area contributed by atoms with Crippen LogP contribution in [0.5, 0.6) is 0 Å². The van der Waals surface area contributed by atoms with E-state index in [2.05, 4.69) is 0 Å². The molecule has 0 spiro atoms. The Labute approximate surface area is 120 Å². The minimum Gasteiger partial charge on any atom is -0.300 e. The third kappa shape index (κ3) is 2.94. The summed E-state index contributed by atoms with van der Waals surface area (Å²) in [6.07, 6.45) is 1.25. The lowest BCUT2D eigenvalue weighted by atomic mass is 9.95. The number of hydrogen-bond acceptors (Lipinski definition) is 3. The Morgan fingerprint density at radius 1 is 1.20 bits per heavy atom. The van der Waals surface area contributed by atoms with Crippen molar-refractivity contribution in [3.05, 3.63) is 29.3 Å². The first-order chi connectivity index (χ1) is 9.32. The average molecular weight is 295 g/mol. The maximum absolute atomic E-state index is 12.6. The van der Waals surface area contributed by atoms with E-state index in [0.717, 1.165) is 11.1 Å². The highest BCUT2D eigenvalue weighted by Crippen LogP contribution is 2.26. The lowest BCUT2D eigenvalue weighted by molar-refractivity contribution is -0.121. The number of Topliss-reactive ketones (excluding diaryl/α,β-unsaturated/α-hetero) is 1. The van der Waals surface area contributed by atoms with E-state index in [-0.39, 0.29) is 11.7 Å². The van der Waals surface area contributed by atoms with Crippen LogP contribution in [0.15, 0.2) is 23.1 Å². The van der Waals surface area contributed by atoms with Crippen LogP contribution in [0, 0.1) is 19.8 Å². The van der Waals surface area contributed by atoms with Gasteiger partial charge in [-0.2, -0.15) is 4.31 Å². The molecule has 1 fully saturated rings. The SMILES string of the molecule is CC(=O)C1CCN(S(=O)(=O)c2ccc(C)cc2C)CC1. The highest BCUT2D eigenvalue weighted by molar-refractivity contribution is 7.89. The van der Waals surface area contributed by atoms with Gasteiger partial charge in [-0.05, 0) is 45.2 Å². The number of ketones is 1. The zero-order valence-electron chi connectivity index (χ0n) is 12.2. The molecule has 1 heterocycles. The molecule has 1 aliphatic rings. The number of hydrogen-bond donors (Lipinski definition) is 0. The molecule has 110 valence electrons. The molecule has 0 atom stereocenters. The quantitative estimate of drug-likeness (QED) is 0.859. The molecule has 0 radical (unpaired) electrons. The molecule has 1 aliphatic heterocycles. The smallest absolute Gasteiger partial charge is 0.243 e. The van der Waals surface area contributed by atoms with Gasteiger partial charge in [0.05, 0.1) is 4.90 Å². The number of carbonyl (C=O) groups is 1. The molecule has 2 rings (SSSR count). The standard InChI is InChI=1S/C15H21NO3S/c1-11-4-5-15(12(2)10-11)20(18,19)16-8-6-14(7-9-16)13(3)17/h4-5,10,14H,6-9H2,1-3H3. The summed E-state index contributed by atoms with van der Waals surface area (Å²) in [5, 5.41) is 0. The second-order valence-electron chi connectivity index (χ2n) is 5.56. The Morgan fingerprint density at radius 3 is 2.30 bits per heavy atom. The molecule has 0 aromatic heterocycles. The van der Waals surface area contributed by atoms with Crippen LogP contribution in [0.1, 0.15) is 30.9 Å². The molecule has 1 aromatic rings. The number of aryl methyl sites for hydroxylation is 2. The fourth-order valence-electron chi connectivity index (χ4n) is 2.73. The molecule has 5 heteroatoms. The number of piperidine rings is 1. The zero-order valence-corrected chi connectivity index (χ0v) is 13.0. The normalized spacial score (nSPS) is 18.1. The van der Waals surface area contributed by atoms with Crippen molar-refractivity contribution < 1.29 is 13.2 Å². The first kappa shape index (κ1) is 15.2. The number of benzene rings is 1. The third-order valence-electron chi connectivity index (χ3n) is 3.98. The monoisotopic (exact) mass is 295 g/mol. The summed E-state index contributed by atoms with van der Waals surface area (Å²) in [4.78, 5) is 11.7. The first-order valence-electron chi connectivity index (χ1n) is 6.90. The molecule has 0 saturated carbocycles. The minimum absolute atomic E-state index is 0.0144. The van der Waals surface area contributed by atoms with E-state index in [1.807, 2.05) is 26.0 Å². The lowest BCUT2D eigenvalue weighted by Gasteiger charge is -2.30. The van der Waals surface area contributed by atoms with Crippen molar-refractivity contribution in [1.82, 2.24) is 4.31 Å². The largest absolute Gasteiger partial charge is 0.300 e. The minimum atomic E-state index is -3.44. The summed E-state index contributed by atoms with van der Waals surface area (Å²) in [5.41, 5.74) is 1.83. The van der Waals surface area contributed by atoms with Gasteiger partial charge in [-0.15, -0.1) is 0 Å². The van der Waals surface area contributed by atoms with Gasteiger partial charge in [0.15, 0.2) is 0 Å². The fourth-order valence-corrected chi connectivity index (χ4v) is 4.41. The van der Waals surface area contributed by atoms with Gasteiger partial charge in [-0.1, -0.05) is 17.7 Å². The van der Waals surface area contributed by atoms with Crippen molar-refractivity contribution in [3.8, 4) is 0 Å². The summed E-state index contributed by atoms with van der Waals surface area (Å²) in [6.45, 7) is 6.21. The molecule has 1 aromatic carbocycles. The van der Waals surface area contributed by atoms with Crippen molar-refractivity contribution >= 4 is 15.8 Å². The molecule has 20 heavy (non-hydrogen) atoms. The van der Waals surface area contributed by atoms with Crippen LogP contribution in [-0.2, 0) is 14.8 Å². The predicted octanol–water partition coefficient (Wildman–Crippen LogP) is 2.29. The summed E-state index contributed by atoms with van der Waals surface area (Å²) in [5.74, 6) is 0.175. The second-order valence-corrected chi connectivity index (χ2v) is 7.46. The Kier molecular flexibility index (Phi) is 4.30. The van der Waals surface area contributed by atoms with Gasteiger partial charge in [-0.25, -0.2) is 8.42 Å². The Morgan fingerprint density at radius 2 is 1.80 bits per heavy atom. The van der Waals surface area contributed by atoms with Crippen LogP contribution in [0.2, 0.25) is 0 Å². The first-order valence-corrected chi connectivity index (χ1v) is 8.34. The molecular formula is C15H21NO3S. The van der Waals surface area contributed by atoms with E-state index in [1.54, 1.807) is 13.0 Å². The fraction of sp³-hybridized carbons (Fsp3) is 0.533. The molecule has 0 aliphatic carbocycles. The topological polar surface area (TPSA) is 54.5 Å². The highest BCUT2D eigenvalue weighted by Gasteiger charge is 2.31. The zero-order chi connectivity index (χ0) is 14.9. The van der Waals surface area contributed by atoms with Crippen LogP contribution >= 0.6 is 0 Å². The molecule has 4 nitrogen and oxygen atoms in total. The van der Waals surface area contributed by atoms with E-state index in [1.165, 1.54) is 4.31 Å². The number of rotatable bonds is 3. The van der Waals surface area contributed by atoms with Gasteiger partial charge >= 0.3 is 0 Å². The van der Waals surface area contributed by atoms with Crippen molar-refractivity contribution in [2.75, 3.05) is 13.1 Å². The van der Waals surface area contributed by atoms with Gasteiger partial charge in [0.1, 0.15) is 5.78 Å². The van der Waals surface area contributed by atoms with Crippen LogP contribution in [-0.4, -0.2) is 31.6 Å². The number of sulfonamides is 1. The van der Waals surface area contributed by atoms with Crippen molar-refractivity contribution in [3.63, 3.8) is 0 Å². The van der Waals surface area contributed by atoms with Gasteiger partial charge in [0, 0.05) is 19.0 Å². The van der Waals surface area contributed by atoms with E-state index >= 15 is 0 Å². The summed E-state index contributed by atoms with van der Waals surface area (Å²) in [7, 11) is -3.44. The van der Waals surface area contributed by atoms with E-state index in [4.69, 9.17) is 0 Å². The van der Waals surface area contributed by atoms with Crippen molar-refractivity contribution in [1.29, 1.82) is 0 Å². The third-order valence-corrected chi connectivity index (χ3v) is 6.04. The molecule has 0 bridgehead atoms. The molecule has 0 unspecified atom stereocenters. The van der Waals surface area contributed by atoms with Crippen LogP contribution in [0.4, 0.5) is 0 Å². The van der Waals surface area contributed by atoms with Gasteiger partial charge in [0.2, 0.25) is 10.0 Å². The van der Waals surface area contributed by atoms with Crippen LogP contribution in [0.25, 0.3) is 0 Å². The molecule has 0 amide bonds. The van der Waals surface area contributed by atoms with Crippen LogP contribution in [0.3, 0.4) is 0 Å². The highest BCUT2D eigenvalue weighted by atomic mass is 32.2. The van der Waals surface area contributed by atoms with Gasteiger partial charge < -0.3 is 0 Å². The predicted molar refractivity (Wildman–Crippen MR) is 78.1 cm³/mol. The van der Waals surface area contributed by atoms with E-state index in [9.17, 15) is 13.2 Å². The number of nitrogens with zero attached hydrogens (tertiary/aromatic N) is 1. The van der Waals surface area contributed by atoms with Crippen molar-refractivity contribution in [2.24, 2.45) is 5.92 Å². The van der Waals surface area contributed by atoms with Crippen LogP contribution < -0.4 is 0 Å². The maximum atomic E-state index is 12.6.